The molecule has 0 bridgehead atoms. The Morgan fingerprint density at radius 1 is 1.42 bits per heavy atom. The molecule has 0 amide bonds. The van der Waals surface area contributed by atoms with Gasteiger partial charge in [-0.25, -0.2) is 9.78 Å². The van der Waals surface area contributed by atoms with Crippen LogP contribution in [-0.4, -0.2) is 20.6 Å². The van der Waals surface area contributed by atoms with E-state index < -0.39 is 12.0 Å². The molecule has 100 valence electrons. The summed E-state index contributed by atoms with van der Waals surface area (Å²) in [6, 6.07) is 4.25. The van der Waals surface area contributed by atoms with Crippen LogP contribution in [0.3, 0.4) is 0 Å². The number of aliphatic carboxylic acids is 1. The smallest absolute Gasteiger partial charge is 0.327 e. The average molecular weight is 325 g/mol. The van der Waals surface area contributed by atoms with Gasteiger partial charge in [0.05, 0.1) is 17.2 Å². The van der Waals surface area contributed by atoms with Crippen molar-refractivity contribution in [1.29, 1.82) is 0 Å². The molecular formula is C13H13BrN2O3. The zero-order chi connectivity index (χ0) is 14.2. The molecular weight excluding hydrogens is 312 g/mol. The number of hydrogen-bond acceptors (Lipinski definition) is 3. The average Bonchev–Trinajstić information content (AvgIpc) is 2.32. The summed E-state index contributed by atoms with van der Waals surface area (Å²) in [5, 5.41) is 9.66. The summed E-state index contributed by atoms with van der Waals surface area (Å²) >= 11 is 3.29. The van der Waals surface area contributed by atoms with Crippen molar-refractivity contribution in [2.75, 3.05) is 0 Å². The Balaban J connectivity index is 2.72. The lowest BCUT2D eigenvalue weighted by atomic mass is 10.0. The van der Waals surface area contributed by atoms with E-state index in [0.717, 1.165) is 4.47 Å². The zero-order valence-corrected chi connectivity index (χ0v) is 12.1. The number of carboxylic acids is 1. The highest BCUT2D eigenvalue weighted by Crippen LogP contribution is 2.19. The molecule has 1 heterocycles. The fourth-order valence-electron chi connectivity index (χ4n) is 2.03. The highest BCUT2D eigenvalue weighted by Gasteiger charge is 2.25. The molecule has 2 aromatic rings. The fraction of sp³-hybridized carbons (Fsp3) is 0.308. The Morgan fingerprint density at radius 3 is 2.68 bits per heavy atom. The summed E-state index contributed by atoms with van der Waals surface area (Å²) in [7, 11) is 0. The van der Waals surface area contributed by atoms with Crippen molar-refractivity contribution >= 4 is 32.8 Å². The van der Waals surface area contributed by atoms with Crippen molar-refractivity contribution in [3.05, 3.63) is 39.4 Å². The van der Waals surface area contributed by atoms with E-state index in [0.29, 0.717) is 10.9 Å². The topological polar surface area (TPSA) is 72.2 Å². The number of carboxylic acid groups (broad SMARTS) is 1. The van der Waals surface area contributed by atoms with Crippen LogP contribution >= 0.6 is 15.9 Å². The van der Waals surface area contributed by atoms with Gasteiger partial charge in [0.15, 0.2) is 0 Å². The van der Waals surface area contributed by atoms with E-state index in [2.05, 4.69) is 20.9 Å². The first-order valence-electron chi connectivity index (χ1n) is 5.81. The summed E-state index contributed by atoms with van der Waals surface area (Å²) in [5.41, 5.74) is 0.213. The maximum absolute atomic E-state index is 12.4. The van der Waals surface area contributed by atoms with Crippen LogP contribution in [0.1, 0.15) is 19.9 Å². The molecule has 0 spiro atoms. The summed E-state index contributed by atoms with van der Waals surface area (Å²) < 4.78 is 1.94. The van der Waals surface area contributed by atoms with Crippen molar-refractivity contribution in [1.82, 2.24) is 9.55 Å². The second kappa shape index (κ2) is 5.13. The minimum atomic E-state index is -1.03. The molecule has 0 fully saturated rings. The van der Waals surface area contributed by atoms with Crippen molar-refractivity contribution in [2.24, 2.45) is 5.92 Å². The largest absolute Gasteiger partial charge is 0.480 e. The van der Waals surface area contributed by atoms with Crippen LogP contribution in [-0.2, 0) is 4.79 Å². The normalized spacial score (nSPS) is 12.8. The fourth-order valence-corrected chi connectivity index (χ4v) is 2.39. The zero-order valence-electron chi connectivity index (χ0n) is 10.5. The maximum Gasteiger partial charge on any atom is 0.327 e. The number of aromatic nitrogens is 2. The predicted molar refractivity (Wildman–Crippen MR) is 75.2 cm³/mol. The summed E-state index contributed by atoms with van der Waals surface area (Å²) in [6.45, 7) is 3.52. The number of hydrogen-bond donors (Lipinski definition) is 1. The van der Waals surface area contributed by atoms with E-state index in [4.69, 9.17) is 0 Å². The Kier molecular flexibility index (Phi) is 3.71. The SMILES string of the molecule is CC(C)C(C(=O)O)n1cnc2ccc(Br)cc2c1=O. The first-order chi connectivity index (χ1) is 8.91. The van der Waals surface area contributed by atoms with Gasteiger partial charge >= 0.3 is 5.97 Å². The molecule has 1 atom stereocenters. The Labute approximate surface area is 118 Å². The highest BCUT2D eigenvalue weighted by molar-refractivity contribution is 9.10. The minimum absolute atomic E-state index is 0.207. The van der Waals surface area contributed by atoms with Crippen LogP contribution in [0.15, 0.2) is 33.8 Å². The first kappa shape index (κ1) is 13.7. The van der Waals surface area contributed by atoms with E-state index in [1.165, 1.54) is 10.9 Å². The van der Waals surface area contributed by atoms with Gasteiger partial charge in [0.1, 0.15) is 6.04 Å². The lowest BCUT2D eigenvalue weighted by Gasteiger charge is -2.18. The maximum atomic E-state index is 12.4. The molecule has 1 unspecified atom stereocenters. The van der Waals surface area contributed by atoms with Crippen molar-refractivity contribution in [2.45, 2.75) is 19.9 Å². The quantitative estimate of drug-likeness (QED) is 0.941. The number of carbonyl (C=O) groups is 1. The third-order valence-corrected chi connectivity index (χ3v) is 3.42. The standard InChI is InChI=1S/C13H13BrN2O3/c1-7(2)11(13(18)19)16-6-15-10-4-3-8(14)5-9(10)12(16)17/h3-7,11H,1-2H3,(H,18,19). The predicted octanol–water partition coefficient (Wildman–Crippen LogP) is 2.44. The number of halogens is 1. The second-order valence-corrected chi connectivity index (χ2v) is 5.56. The number of benzene rings is 1. The monoisotopic (exact) mass is 324 g/mol. The molecule has 0 radical (unpaired) electrons. The third-order valence-electron chi connectivity index (χ3n) is 2.93. The van der Waals surface area contributed by atoms with Crippen LogP contribution in [0.2, 0.25) is 0 Å². The van der Waals surface area contributed by atoms with Gasteiger partial charge in [-0.2, -0.15) is 0 Å². The van der Waals surface area contributed by atoms with Crippen LogP contribution in [0.4, 0.5) is 0 Å². The molecule has 0 saturated carbocycles. The number of fused-ring (bicyclic) bond motifs is 1. The van der Waals surface area contributed by atoms with E-state index >= 15 is 0 Å². The second-order valence-electron chi connectivity index (χ2n) is 4.65. The van der Waals surface area contributed by atoms with Gasteiger partial charge < -0.3 is 5.11 Å². The summed E-state index contributed by atoms with van der Waals surface area (Å²) in [6.07, 6.45) is 1.30. The lowest BCUT2D eigenvalue weighted by molar-refractivity contribution is -0.142. The van der Waals surface area contributed by atoms with Gasteiger partial charge in [-0.3, -0.25) is 9.36 Å². The van der Waals surface area contributed by atoms with Crippen LogP contribution in [0.25, 0.3) is 10.9 Å². The van der Waals surface area contributed by atoms with Gasteiger partial charge in [-0.15, -0.1) is 0 Å². The van der Waals surface area contributed by atoms with Crippen molar-refractivity contribution in [3.63, 3.8) is 0 Å². The van der Waals surface area contributed by atoms with E-state index in [9.17, 15) is 14.7 Å². The molecule has 1 aromatic carbocycles. The molecule has 6 heteroatoms. The molecule has 19 heavy (non-hydrogen) atoms. The van der Waals surface area contributed by atoms with Crippen LogP contribution < -0.4 is 5.56 Å². The molecule has 0 aliphatic carbocycles. The molecule has 5 nitrogen and oxygen atoms in total. The third kappa shape index (κ3) is 2.53. The lowest BCUT2D eigenvalue weighted by Crippen LogP contribution is -2.33. The van der Waals surface area contributed by atoms with Gasteiger partial charge in [0.25, 0.3) is 5.56 Å². The van der Waals surface area contributed by atoms with E-state index in [-0.39, 0.29) is 11.5 Å². The Morgan fingerprint density at radius 2 is 2.11 bits per heavy atom. The van der Waals surface area contributed by atoms with Crippen LogP contribution in [0.5, 0.6) is 0 Å². The molecule has 1 N–H and O–H groups in total. The van der Waals surface area contributed by atoms with E-state index in [1.54, 1.807) is 32.0 Å². The van der Waals surface area contributed by atoms with Gasteiger partial charge in [0.2, 0.25) is 0 Å². The first-order valence-corrected chi connectivity index (χ1v) is 6.60. The molecule has 1 aromatic heterocycles. The number of nitrogens with zero attached hydrogens (tertiary/aromatic N) is 2. The van der Waals surface area contributed by atoms with E-state index in [1.807, 2.05) is 0 Å². The summed E-state index contributed by atoms with van der Waals surface area (Å²) in [4.78, 5) is 27.8. The Hall–Kier alpha value is -1.69. The van der Waals surface area contributed by atoms with Crippen molar-refractivity contribution < 1.29 is 9.90 Å². The molecule has 2 rings (SSSR count). The van der Waals surface area contributed by atoms with Gasteiger partial charge in [-0.1, -0.05) is 29.8 Å². The minimum Gasteiger partial charge on any atom is -0.480 e. The van der Waals surface area contributed by atoms with Gasteiger partial charge in [0, 0.05) is 4.47 Å². The van der Waals surface area contributed by atoms with Crippen molar-refractivity contribution in [3.8, 4) is 0 Å². The highest BCUT2D eigenvalue weighted by atomic mass is 79.9. The molecule has 0 saturated heterocycles. The van der Waals surface area contributed by atoms with Crippen LogP contribution in [0, 0.1) is 5.92 Å². The molecule has 0 aliphatic rings. The molecule has 0 aliphatic heterocycles. The number of rotatable bonds is 3. The Bertz CT molecular complexity index is 694. The van der Waals surface area contributed by atoms with Gasteiger partial charge in [-0.05, 0) is 24.1 Å². The summed E-state index contributed by atoms with van der Waals surface area (Å²) in [5.74, 6) is -1.24.